The molecule has 1 heterocycles. The van der Waals surface area contributed by atoms with Gasteiger partial charge in [0, 0.05) is 17.5 Å². The van der Waals surface area contributed by atoms with Gasteiger partial charge in [0.2, 0.25) is 5.91 Å². The summed E-state index contributed by atoms with van der Waals surface area (Å²) in [6.07, 6.45) is 3.74. The van der Waals surface area contributed by atoms with Crippen LogP contribution in [0.2, 0.25) is 0 Å². The number of carbonyl (C=O) groups excluding carboxylic acids is 1. The monoisotopic (exact) mass is 277 g/mol. The predicted octanol–water partition coefficient (Wildman–Crippen LogP) is 2.23. The molecule has 4 heteroatoms. The first kappa shape index (κ1) is 13.0. The van der Waals surface area contributed by atoms with Crippen molar-refractivity contribution in [2.45, 2.75) is 56.5 Å². The molecule has 0 spiro atoms. The van der Waals surface area contributed by atoms with Crippen molar-refractivity contribution < 1.29 is 9.53 Å². The van der Waals surface area contributed by atoms with E-state index in [-0.39, 0.29) is 18.1 Å². The molecule has 1 amide bonds. The lowest BCUT2D eigenvalue weighted by Gasteiger charge is -2.16. The second kappa shape index (κ2) is 6.48. The van der Waals surface area contributed by atoms with Gasteiger partial charge in [0.05, 0.1) is 12.5 Å². The van der Waals surface area contributed by atoms with Gasteiger partial charge in [-0.15, -0.1) is 0 Å². The van der Waals surface area contributed by atoms with Gasteiger partial charge in [0.1, 0.15) is 0 Å². The van der Waals surface area contributed by atoms with Gasteiger partial charge in [-0.25, -0.2) is 0 Å². The number of amides is 1. The number of ether oxygens (including phenoxy) is 1. The third kappa shape index (κ3) is 5.52. The fourth-order valence-electron chi connectivity index (χ4n) is 1.89. The molecule has 1 rings (SSSR count). The van der Waals surface area contributed by atoms with E-state index in [0.717, 1.165) is 25.9 Å². The topological polar surface area (TPSA) is 38.3 Å². The molecule has 1 aliphatic rings. The molecular formula is C11H20BrNO2. The Morgan fingerprint density at radius 2 is 2.33 bits per heavy atom. The minimum Gasteiger partial charge on any atom is -0.378 e. The molecule has 1 N–H and O–H groups in total. The highest BCUT2D eigenvalue weighted by molar-refractivity contribution is 9.09. The van der Waals surface area contributed by atoms with E-state index in [9.17, 15) is 4.79 Å². The van der Waals surface area contributed by atoms with E-state index in [1.54, 1.807) is 0 Å². The van der Waals surface area contributed by atoms with Gasteiger partial charge in [-0.1, -0.05) is 22.9 Å². The maximum atomic E-state index is 11.6. The lowest BCUT2D eigenvalue weighted by Crippen LogP contribution is -2.35. The lowest BCUT2D eigenvalue weighted by atomic mass is 10.1. The lowest BCUT2D eigenvalue weighted by molar-refractivity contribution is -0.123. The minimum atomic E-state index is 0.113. The summed E-state index contributed by atoms with van der Waals surface area (Å²) in [5.74, 6) is 0.113. The molecule has 0 aliphatic carbocycles. The zero-order valence-electron chi connectivity index (χ0n) is 9.46. The quantitative estimate of drug-likeness (QED) is 0.783. The van der Waals surface area contributed by atoms with Gasteiger partial charge in [-0.2, -0.15) is 0 Å². The molecule has 3 nitrogen and oxygen atoms in total. The largest absolute Gasteiger partial charge is 0.378 e. The van der Waals surface area contributed by atoms with Crippen molar-refractivity contribution in [2.24, 2.45) is 0 Å². The van der Waals surface area contributed by atoms with Crippen molar-refractivity contribution in [3.63, 3.8) is 0 Å². The zero-order valence-corrected chi connectivity index (χ0v) is 11.0. The summed E-state index contributed by atoms with van der Waals surface area (Å²) in [7, 11) is 0. The summed E-state index contributed by atoms with van der Waals surface area (Å²) >= 11 is 3.48. The van der Waals surface area contributed by atoms with Crippen LogP contribution in [0, 0.1) is 0 Å². The Bertz CT molecular complexity index is 203. The smallest absolute Gasteiger partial charge is 0.222 e. The first-order chi connectivity index (χ1) is 7.08. The predicted molar refractivity (Wildman–Crippen MR) is 64.2 cm³/mol. The van der Waals surface area contributed by atoms with Crippen molar-refractivity contribution in [3.05, 3.63) is 0 Å². The Morgan fingerprint density at radius 1 is 1.60 bits per heavy atom. The second-order valence-corrected chi connectivity index (χ2v) is 5.89. The summed E-state index contributed by atoms with van der Waals surface area (Å²) in [5, 5.41) is 2.99. The van der Waals surface area contributed by atoms with Crippen molar-refractivity contribution in [2.75, 3.05) is 6.61 Å². The normalized spacial score (nSPS) is 24.9. The van der Waals surface area contributed by atoms with E-state index in [0.29, 0.717) is 11.2 Å². The van der Waals surface area contributed by atoms with Gasteiger partial charge in [0.25, 0.3) is 0 Å². The number of carbonyl (C=O) groups is 1. The van der Waals surface area contributed by atoms with E-state index in [1.807, 2.05) is 6.92 Å². The molecule has 1 saturated heterocycles. The van der Waals surface area contributed by atoms with E-state index >= 15 is 0 Å². The maximum absolute atomic E-state index is 11.6. The van der Waals surface area contributed by atoms with Gasteiger partial charge < -0.3 is 10.1 Å². The summed E-state index contributed by atoms with van der Waals surface area (Å²) < 4.78 is 5.42. The molecule has 1 fully saturated rings. The number of hydrogen-bond donors (Lipinski definition) is 1. The summed E-state index contributed by atoms with van der Waals surface area (Å²) in [6, 6.07) is 0.230. The Labute approximate surface area is 100 Å². The number of alkyl halides is 1. The molecule has 0 bridgehead atoms. The van der Waals surface area contributed by atoms with Crippen LogP contribution >= 0.6 is 15.9 Å². The third-order valence-electron chi connectivity index (χ3n) is 2.52. The van der Waals surface area contributed by atoms with Crippen LogP contribution in [-0.4, -0.2) is 29.5 Å². The number of rotatable bonds is 5. The maximum Gasteiger partial charge on any atom is 0.222 e. The fourth-order valence-corrected chi connectivity index (χ4v) is 2.45. The molecular weight excluding hydrogens is 258 g/mol. The van der Waals surface area contributed by atoms with Crippen molar-refractivity contribution in [3.8, 4) is 0 Å². The molecule has 3 unspecified atom stereocenters. The van der Waals surface area contributed by atoms with Crippen LogP contribution in [0.4, 0.5) is 0 Å². The van der Waals surface area contributed by atoms with Crippen molar-refractivity contribution >= 4 is 21.8 Å². The molecule has 0 aromatic rings. The molecule has 88 valence electrons. The minimum absolute atomic E-state index is 0.113. The summed E-state index contributed by atoms with van der Waals surface area (Å²) in [5.41, 5.74) is 0. The van der Waals surface area contributed by atoms with Crippen molar-refractivity contribution in [1.29, 1.82) is 0 Å². The molecule has 1 aliphatic heterocycles. The van der Waals surface area contributed by atoms with Crippen LogP contribution in [0.15, 0.2) is 0 Å². The number of nitrogens with one attached hydrogen (secondary N) is 1. The SMILES string of the molecule is CC(Br)CC(C)NC(=O)CC1CCCO1. The highest BCUT2D eigenvalue weighted by atomic mass is 79.9. The zero-order chi connectivity index (χ0) is 11.3. The molecule has 15 heavy (non-hydrogen) atoms. The van der Waals surface area contributed by atoms with Gasteiger partial charge >= 0.3 is 0 Å². The van der Waals surface area contributed by atoms with Crippen LogP contribution in [-0.2, 0) is 9.53 Å². The number of halogens is 1. The summed E-state index contributed by atoms with van der Waals surface area (Å²) in [6.45, 7) is 4.93. The summed E-state index contributed by atoms with van der Waals surface area (Å²) in [4.78, 5) is 12.0. The average Bonchev–Trinajstić information content (AvgIpc) is 2.53. The van der Waals surface area contributed by atoms with Crippen LogP contribution in [0.5, 0.6) is 0 Å². The first-order valence-electron chi connectivity index (χ1n) is 5.63. The Morgan fingerprint density at radius 3 is 2.87 bits per heavy atom. The second-order valence-electron chi connectivity index (χ2n) is 4.32. The Hall–Kier alpha value is -0.0900. The van der Waals surface area contributed by atoms with Crippen molar-refractivity contribution in [1.82, 2.24) is 5.32 Å². The van der Waals surface area contributed by atoms with Gasteiger partial charge in [-0.05, 0) is 26.2 Å². The Balaban J connectivity index is 2.16. The highest BCUT2D eigenvalue weighted by Crippen LogP contribution is 2.15. The number of hydrogen-bond acceptors (Lipinski definition) is 2. The van der Waals surface area contributed by atoms with Crippen LogP contribution < -0.4 is 5.32 Å². The van der Waals surface area contributed by atoms with E-state index in [4.69, 9.17) is 4.74 Å². The Kier molecular flexibility index (Phi) is 5.61. The standard InChI is InChI=1S/C11H20BrNO2/c1-8(12)6-9(2)13-11(14)7-10-4-3-5-15-10/h8-10H,3-7H2,1-2H3,(H,13,14). The third-order valence-corrected chi connectivity index (χ3v) is 2.90. The highest BCUT2D eigenvalue weighted by Gasteiger charge is 2.19. The molecule has 0 saturated carbocycles. The van der Waals surface area contributed by atoms with Gasteiger partial charge in [-0.3, -0.25) is 4.79 Å². The molecule has 3 atom stereocenters. The van der Waals surface area contributed by atoms with E-state index in [2.05, 4.69) is 28.2 Å². The van der Waals surface area contributed by atoms with Gasteiger partial charge in [0.15, 0.2) is 0 Å². The van der Waals surface area contributed by atoms with Crippen LogP contribution in [0.25, 0.3) is 0 Å². The van der Waals surface area contributed by atoms with E-state index in [1.165, 1.54) is 0 Å². The van der Waals surface area contributed by atoms with Crippen LogP contribution in [0.1, 0.15) is 39.5 Å². The first-order valence-corrected chi connectivity index (χ1v) is 6.54. The molecule has 0 aromatic carbocycles. The molecule has 0 radical (unpaired) electrons. The van der Waals surface area contributed by atoms with E-state index < -0.39 is 0 Å². The van der Waals surface area contributed by atoms with Crippen LogP contribution in [0.3, 0.4) is 0 Å². The average molecular weight is 278 g/mol. The fraction of sp³-hybridized carbons (Fsp3) is 0.909. The molecule has 0 aromatic heterocycles.